The molecule has 2 N–H and O–H groups in total. The molecule has 1 aliphatic carbocycles. The molecule has 5 heteroatoms. The number of carbonyl (C=O) groups excluding carboxylic acids is 2. The van der Waals surface area contributed by atoms with Crippen LogP contribution in [0.5, 0.6) is 0 Å². The molecule has 2 atom stereocenters. The van der Waals surface area contributed by atoms with Crippen LogP contribution < -0.4 is 10.6 Å². The first-order valence-electron chi connectivity index (χ1n) is 6.76. The second-order valence-electron chi connectivity index (χ2n) is 5.13. The van der Waals surface area contributed by atoms with Gasteiger partial charge in [-0.15, -0.1) is 0 Å². The summed E-state index contributed by atoms with van der Waals surface area (Å²) in [5, 5.41) is 5.57. The highest BCUT2D eigenvalue weighted by molar-refractivity contribution is 5.96. The summed E-state index contributed by atoms with van der Waals surface area (Å²) in [6, 6.07) is 1.81. The molecule has 0 saturated heterocycles. The van der Waals surface area contributed by atoms with Crippen molar-refractivity contribution in [2.45, 2.75) is 38.6 Å². The number of rotatable bonds is 4. The lowest BCUT2D eigenvalue weighted by Gasteiger charge is -2.29. The summed E-state index contributed by atoms with van der Waals surface area (Å²) < 4.78 is 4.82. The van der Waals surface area contributed by atoms with Gasteiger partial charge in [-0.1, -0.05) is 19.8 Å². The number of furan rings is 1. The molecule has 19 heavy (non-hydrogen) atoms. The van der Waals surface area contributed by atoms with Gasteiger partial charge < -0.3 is 15.1 Å². The number of carbonyl (C=O) groups is 2. The zero-order chi connectivity index (χ0) is 13.7. The Morgan fingerprint density at radius 1 is 1.37 bits per heavy atom. The first kappa shape index (κ1) is 13.6. The third-order valence-electron chi connectivity index (χ3n) is 3.65. The van der Waals surface area contributed by atoms with Crippen molar-refractivity contribution in [3.8, 4) is 0 Å². The van der Waals surface area contributed by atoms with Crippen molar-refractivity contribution in [2.75, 3.05) is 6.54 Å². The summed E-state index contributed by atoms with van der Waals surface area (Å²) in [5.74, 6) is 0.0958. The number of hydrogen-bond acceptors (Lipinski definition) is 3. The van der Waals surface area contributed by atoms with Gasteiger partial charge in [-0.05, 0) is 24.8 Å². The van der Waals surface area contributed by atoms with Crippen molar-refractivity contribution in [1.82, 2.24) is 10.6 Å². The van der Waals surface area contributed by atoms with E-state index in [1.54, 1.807) is 6.07 Å². The fourth-order valence-corrected chi connectivity index (χ4v) is 2.44. The summed E-state index contributed by atoms with van der Waals surface area (Å²) in [4.78, 5) is 23.4. The van der Waals surface area contributed by atoms with Gasteiger partial charge in [0, 0.05) is 6.04 Å². The molecule has 0 spiro atoms. The SMILES string of the molecule is C[C@H]1CCCC[C@H]1NC(=O)CNC(=O)c1ccoc1. The molecule has 0 unspecified atom stereocenters. The zero-order valence-electron chi connectivity index (χ0n) is 11.1. The molecule has 2 rings (SSSR count). The van der Waals surface area contributed by atoms with Crippen LogP contribution in [0.3, 0.4) is 0 Å². The predicted octanol–water partition coefficient (Wildman–Crippen LogP) is 1.70. The third kappa shape index (κ3) is 3.84. The molecule has 0 radical (unpaired) electrons. The van der Waals surface area contributed by atoms with Crippen LogP contribution in [0.15, 0.2) is 23.0 Å². The average molecular weight is 264 g/mol. The highest BCUT2D eigenvalue weighted by atomic mass is 16.3. The third-order valence-corrected chi connectivity index (χ3v) is 3.65. The Hall–Kier alpha value is -1.78. The van der Waals surface area contributed by atoms with Gasteiger partial charge in [0.2, 0.25) is 5.91 Å². The highest BCUT2D eigenvalue weighted by Crippen LogP contribution is 2.23. The Labute approximate surface area is 112 Å². The standard InChI is InChI=1S/C14H20N2O3/c1-10-4-2-3-5-12(10)16-13(17)8-15-14(18)11-6-7-19-9-11/h6-7,9-10,12H,2-5,8H2,1H3,(H,15,18)(H,16,17)/t10-,12+/m0/s1. The van der Waals surface area contributed by atoms with Gasteiger partial charge >= 0.3 is 0 Å². The van der Waals surface area contributed by atoms with Crippen LogP contribution in [0.2, 0.25) is 0 Å². The Morgan fingerprint density at radius 2 is 2.16 bits per heavy atom. The van der Waals surface area contributed by atoms with E-state index < -0.39 is 0 Å². The zero-order valence-corrected chi connectivity index (χ0v) is 11.1. The minimum atomic E-state index is -0.291. The number of hydrogen-bond donors (Lipinski definition) is 2. The van der Waals surface area contributed by atoms with E-state index in [9.17, 15) is 9.59 Å². The fraction of sp³-hybridized carbons (Fsp3) is 0.571. The summed E-state index contributed by atoms with van der Waals surface area (Å²) in [6.45, 7) is 2.17. The number of amides is 2. The second kappa shape index (κ2) is 6.41. The van der Waals surface area contributed by atoms with Crippen molar-refractivity contribution in [3.05, 3.63) is 24.2 Å². The molecule has 1 aliphatic rings. The smallest absolute Gasteiger partial charge is 0.254 e. The van der Waals surface area contributed by atoms with Crippen LogP contribution in [0, 0.1) is 5.92 Å². The molecule has 0 aromatic carbocycles. The molecule has 2 amide bonds. The van der Waals surface area contributed by atoms with Crippen molar-refractivity contribution < 1.29 is 14.0 Å². The molecule has 1 fully saturated rings. The lowest BCUT2D eigenvalue weighted by molar-refractivity contribution is -0.121. The quantitative estimate of drug-likeness (QED) is 0.869. The maximum atomic E-state index is 11.8. The maximum Gasteiger partial charge on any atom is 0.254 e. The summed E-state index contributed by atoms with van der Waals surface area (Å²) in [6.07, 6.45) is 7.38. The fourth-order valence-electron chi connectivity index (χ4n) is 2.44. The van der Waals surface area contributed by atoms with E-state index >= 15 is 0 Å². The van der Waals surface area contributed by atoms with Crippen LogP contribution in [0.25, 0.3) is 0 Å². The Morgan fingerprint density at radius 3 is 2.84 bits per heavy atom. The second-order valence-corrected chi connectivity index (χ2v) is 5.13. The first-order valence-corrected chi connectivity index (χ1v) is 6.76. The Balaban J connectivity index is 1.74. The van der Waals surface area contributed by atoms with Gasteiger partial charge in [0.1, 0.15) is 6.26 Å². The van der Waals surface area contributed by atoms with Crippen molar-refractivity contribution in [2.24, 2.45) is 5.92 Å². The minimum absolute atomic E-state index is 0.00718. The maximum absolute atomic E-state index is 11.8. The monoisotopic (exact) mass is 264 g/mol. The van der Waals surface area contributed by atoms with Crippen LogP contribution in [-0.4, -0.2) is 24.4 Å². The summed E-state index contributed by atoms with van der Waals surface area (Å²) in [7, 11) is 0. The first-order chi connectivity index (χ1) is 9.16. The minimum Gasteiger partial charge on any atom is -0.472 e. The molecule has 0 bridgehead atoms. The molecular weight excluding hydrogens is 244 g/mol. The van der Waals surface area contributed by atoms with Gasteiger partial charge in [-0.25, -0.2) is 0 Å². The lowest BCUT2D eigenvalue weighted by Crippen LogP contribution is -2.45. The van der Waals surface area contributed by atoms with E-state index in [0.717, 1.165) is 19.3 Å². The van der Waals surface area contributed by atoms with Crippen LogP contribution in [0.4, 0.5) is 0 Å². The Kier molecular flexibility index (Phi) is 4.60. The average Bonchev–Trinajstić information content (AvgIpc) is 2.93. The summed E-state index contributed by atoms with van der Waals surface area (Å²) in [5.41, 5.74) is 0.429. The van der Waals surface area contributed by atoms with E-state index in [1.807, 2.05) is 0 Å². The molecule has 0 aliphatic heterocycles. The molecule has 5 nitrogen and oxygen atoms in total. The van der Waals surface area contributed by atoms with Crippen molar-refractivity contribution in [1.29, 1.82) is 0 Å². The van der Waals surface area contributed by atoms with Gasteiger partial charge in [0.25, 0.3) is 5.91 Å². The normalized spacial score (nSPS) is 22.8. The van der Waals surface area contributed by atoms with Gasteiger partial charge in [-0.2, -0.15) is 0 Å². The van der Waals surface area contributed by atoms with Crippen LogP contribution in [-0.2, 0) is 4.79 Å². The van der Waals surface area contributed by atoms with E-state index in [-0.39, 0.29) is 24.4 Å². The van der Waals surface area contributed by atoms with E-state index in [1.165, 1.54) is 18.9 Å². The predicted molar refractivity (Wildman–Crippen MR) is 70.6 cm³/mol. The van der Waals surface area contributed by atoms with E-state index in [4.69, 9.17) is 4.42 Å². The van der Waals surface area contributed by atoms with E-state index in [2.05, 4.69) is 17.6 Å². The largest absolute Gasteiger partial charge is 0.472 e. The van der Waals surface area contributed by atoms with E-state index in [0.29, 0.717) is 11.5 Å². The Bertz CT molecular complexity index is 428. The molecule has 1 aromatic rings. The summed E-state index contributed by atoms with van der Waals surface area (Å²) >= 11 is 0. The van der Waals surface area contributed by atoms with Crippen LogP contribution in [0.1, 0.15) is 43.0 Å². The molecule has 1 aromatic heterocycles. The molecular formula is C14H20N2O3. The topological polar surface area (TPSA) is 71.3 Å². The lowest BCUT2D eigenvalue weighted by atomic mass is 9.86. The highest BCUT2D eigenvalue weighted by Gasteiger charge is 2.22. The molecule has 1 saturated carbocycles. The van der Waals surface area contributed by atoms with Gasteiger partial charge in [0.05, 0.1) is 18.4 Å². The number of nitrogens with one attached hydrogen (secondary N) is 2. The van der Waals surface area contributed by atoms with Gasteiger partial charge in [0.15, 0.2) is 0 Å². The molecule has 1 heterocycles. The molecule has 104 valence electrons. The van der Waals surface area contributed by atoms with Crippen molar-refractivity contribution in [3.63, 3.8) is 0 Å². The van der Waals surface area contributed by atoms with Crippen LogP contribution >= 0.6 is 0 Å². The van der Waals surface area contributed by atoms with Gasteiger partial charge in [-0.3, -0.25) is 9.59 Å². The van der Waals surface area contributed by atoms with Crippen molar-refractivity contribution >= 4 is 11.8 Å².